The van der Waals surface area contributed by atoms with Gasteiger partial charge < -0.3 is 9.08 Å². The van der Waals surface area contributed by atoms with Crippen molar-refractivity contribution < 1.29 is 8.98 Å². The van der Waals surface area contributed by atoms with Crippen LogP contribution in [0.15, 0.2) is 29.2 Å². The topological polar surface area (TPSA) is 29.5 Å². The van der Waals surface area contributed by atoms with E-state index in [2.05, 4.69) is 36.1 Å². The normalized spacial score (nSPS) is 24.8. The largest absolute Gasteiger partial charge is 0.342 e. The number of likely N-dealkylation sites (tertiary alicyclic amines) is 1. The highest BCUT2D eigenvalue weighted by atomic mass is 32.2. The predicted molar refractivity (Wildman–Crippen MR) is 94.3 cm³/mol. The molecule has 1 aliphatic heterocycles. The molecule has 0 spiro atoms. The lowest BCUT2D eigenvalue weighted by Crippen LogP contribution is -2.36. The lowest BCUT2D eigenvalue weighted by atomic mass is 9.82. The van der Waals surface area contributed by atoms with Gasteiger partial charge in [0, 0.05) is 35.9 Å². The molecule has 4 heteroatoms. The van der Waals surface area contributed by atoms with Crippen LogP contribution in [0.25, 0.3) is 0 Å². The molecule has 1 aliphatic carbocycles. The Balaban J connectivity index is 1.36. The molecule has 0 atom stereocenters. The van der Waals surface area contributed by atoms with Crippen molar-refractivity contribution in [2.75, 3.05) is 19.7 Å². The number of hydrogen-bond acceptors (Lipinski definition) is 3. The van der Waals surface area contributed by atoms with Gasteiger partial charge in [0.1, 0.15) is 0 Å². The molecule has 3 nitrogen and oxygen atoms in total. The SMILES string of the molecule is Cc1ccc(SOCC2CCC(C(=O)N3CCCC3)CC2)cc1. The molecule has 1 saturated carbocycles. The molecule has 1 aromatic rings. The quantitative estimate of drug-likeness (QED) is 0.746. The molecule has 1 saturated heterocycles. The maximum atomic E-state index is 12.4. The highest BCUT2D eigenvalue weighted by Gasteiger charge is 2.30. The Hall–Kier alpha value is -1.00. The van der Waals surface area contributed by atoms with E-state index in [0.29, 0.717) is 11.8 Å². The molecular weight excluding hydrogens is 306 g/mol. The van der Waals surface area contributed by atoms with Crippen LogP contribution in [-0.2, 0) is 8.98 Å². The van der Waals surface area contributed by atoms with Crippen molar-refractivity contribution in [1.29, 1.82) is 0 Å². The van der Waals surface area contributed by atoms with E-state index in [1.54, 1.807) is 0 Å². The molecule has 0 unspecified atom stereocenters. The summed E-state index contributed by atoms with van der Waals surface area (Å²) in [6.45, 7) is 4.85. The molecule has 1 aromatic carbocycles. The Kier molecular flexibility index (Phi) is 6.01. The molecule has 2 aliphatic rings. The summed E-state index contributed by atoms with van der Waals surface area (Å²) in [7, 11) is 0. The lowest BCUT2D eigenvalue weighted by Gasteiger charge is -2.30. The van der Waals surface area contributed by atoms with E-state index in [1.807, 2.05) is 0 Å². The Morgan fingerprint density at radius 1 is 1.13 bits per heavy atom. The minimum atomic E-state index is 0.272. The molecule has 2 fully saturated rings. The first-order valence-corrected chi connectivity index (χ1v) is 9.61. The first-order chi connectivity index (χ1) is 11.2. The second kappa shape index (κ2) is 8.20. The van der Waals surface area contributed by atoms with Crippen molar-refractivity contribution in [2.24, 2.45) is 11.8 Å². The van der Waals surface area contributed by atoms with Gasteiger partial charge in [-0.2, -0.15) is 0 Å². The standard InChI is InChI=1S/C19H27NO2S/c1-15-4-10-18(11-5-15)23-22-14-16-6-8-17(9-7-16)19(21)20-12-2-3-13-20/h4-5,10-11,16-17H,2-3,6-9,12-14H2,1H3. The molecule has 23 heavy (non-hydrogen) atoms. The van der Waals surface area contributed by atoms with Crippen LogP contribution in [0.5, 0.6) is 0 Å². The summed E-state index contributed by atoms with van der Waals surface area (Å²) in [6.07, 6.45) is 6.70. The van der Waals surface area contributed by atoms with Gasteiger partial charge >= 0.3 is 0 Å². The van der Waals surface area contributed by atoms with E-state index in [1.165, 1.54) is 30.4 Å². The van der Waals surface area contributed by atoms with Crippen LogP contribution in [-0.4, -0.2) is 30.5 Å². The summed E-state index contributed by atoms with van der Waals surface area (Å²) < 4.78 is 5.82. The van der Waals surface area contributed by atoms with E-state index in [0.717, 1.165) is 50.3 Å². The number of amides is 1. The first-order valence-electron chi connectivity index (χ1n) is 8.87. The van der Waals surface area contributed by atoms with E-state index in [4.69, 9.17) is 4.18 Å². The van der Waals surface area contributed by atoms with Gasteiger partial charge in [0.2, 0.25) is 5.91 Å². The third-order valence-electron chi connectivity index (χ3n) is 5.09. The number of rotatable bonds is 5. The second-order valence-electron chi connectivity index (χ2n) is 6.93. The van der Waals surface area contributed by atoms with Gasteiger partial charge in [0.25, 0.3) is 0 Å². The molecule has 0 N–H and O–H groups in total. The van der Waals surface area contributed by atoms with Crippen LogP contribution in [0.4, 0.5) is 0 Å². The molecule has 1 heterocycles. The van der Waals surface area contributed by atoms with Gasteiger partial charge in [-0.1, -0.05) is 17.7 Å². The van der Waals surface area contributed by atoms with Gasteiger partial charge in [-0.25, -0.2) is 0 Å². The van der Waals surface area contributed by atoms with Gasteiger partial charge in [0.15, 0.2) is 0 Å². The molecule has 3 rings (SSSR count). The highest BCUT2D eigenvalue weighted by molar-refractivity contribution is 7.94. The minimum Gasteiger partial charge on any atom is -0.342 e. The zero-order valence-corrected chi connectivity index (χ0v) is 14.8. The second-order valence-corrected chi connectivity index (χ2v) is 7.80. The summed E-state index contributed by atoms with van der Waals surface area (Å²) in [6, 6.07) is 8.43. The van der Waals surface area contributed by atoms with Crippen molar-refractivity contribution in [1.82, 2.24) is 4.90 Å². The van der Waals surface area contributed by atoms with Gasteiger partial charge in [0.05, 0.1) is 6.61 Å². The number of nitrogens with zero attached hydrogens (tertiary/aromatic N) is 1. The number of aryl methyl sites for hydroxylation is 1. The summed E-state index contributed by atoms with van der Waals surface area (Å²) >= 11 is 1.48. The smallest absolute Gasteiger partial charge is 0.225 e. The Morgan fingerprint density at radius 2 is 1.78 bits per heavy atom. The van der Waals surface area contributed by atoms with Crippen LogP contribution in [0.2, 0.25) is 0 Å². The molecule has 0 radical (unpaired) electrons. The molecular formula is C19H27NO2S. The fourth-order valence-electron chi connectivity index (χ4n) is 3.56. The molecule has 126 valence electrons. The van der Waals surface area contributed by atoms with Crippen molar-refractivity contribution >= 4 is 17.9 Å². The predicted octanol–water partition coefficient (Wildman–Crippen LogP) is 4.45. The van der Waals surface area contributed by atoms with E-state index in [-0.39, 0.29) is 5.92 Å². The first kappa shape index (κ1) is 16.8. The van der Waals surface area contributed by atoms with Gasteiger partial charge in [-0.3, -0.25) is 4.79 Å². The molecule has 1 amide bonds. The number of carbonyl (C=O) groups excluding carboxylic acids is 1. The maximum Gasteiger partial charge on any atom is 0.225 e. The fourth-order valence-corrected chi connectivity index (χ4v) is 4.21. The lowest BCUT2D eigenvalue weighted by molar-refractivity contribution is -0.135. The maximum absolute atomic E-state index is 12.4. The van der Waals surface area contributed by atoms with E-state index >= 15 is 0 Å². The van der Waals surface area contributed by atoms with Crippen molar-refractivity contribution in [2.45, 2.75) is 50.3 Å². The zero-order chi connectivity index (χ0) is 16.1. The van der Waals surface area contributed by atoms with Crippen LogP contribution < -0.4 is 0 Å². The zero-order valence-electron chi connectivity index (χ0n) is 14.0. The minimum absolute atomic E-state index is 0.272. The van der Waals surface area contributed by atoms with Crippen LogP contribution in [0.1, 0.15) is 44.1 Å². The third kappa shape index (κ3) is 4.74. The monoisotopic (exact) mass is 333 g/mol. The average molecular weight is 333 g/mol. The number of benzene rings is 1. The average Bonchev–Trinajstić information content (AvgIpc) is 3.11. The number of carbonyl (C=O) groups is 1. The fraction of sp³-hybridized carbons (Fsp3) is 0.632. The number of hydrogen-bond donors (Lipinski definition) is 0. The summed E-state index contributed by atoms with van der Waals surface area (Å²) in [5, 5.41) is 0. The third-order valence-corrected chi connectivity index (χ3v) is 5.81. The molecule has 0 aromatic heterocycles. The van der Waals surface area contributed by atoms with E-state index in [9.17, 15) is 4.79 Å². The highest BCUT2D eigenvalue weighted by Crippen LogP contribution is 2.32. The van der Waals surface area contributed by atoms with Crippen LogP contribution in [0, 0.1) is 18.8 Å². The van der Waals surface area contributed by atoms with Gasteiger partial charge in [-0.05, 0) is 63.5 Å². The van der Waals surface area contributed by atoms with Gasteiger partial charge in [-0.15, -0.1) is 0 Å². The Labute approximate surface area is 144 Å². The van der Waals surface area contributed by atoms with Crippen molar-refractivity contribution in [3.8, 4) is 0 Å². The van der Waals surface area contributed by atoms with Crippen LogP contribution in [0.3, 0.4) is 0 Å². The Bertz CT molecular complexity index is 503. The summed E-state index contributed by atoms with van der Waals surface area (Å²) in [4.78, 5) is 15.7. The van der Waals surface area contributed by atoms with E-state index < -0.39 is 0 Å². The summed E-state index contributed by atoms with van der Waals surface area (Å²) in [5.74, 6) is 1.29. The molecule has 0 bridgehead atoms. The van der Waals surface area contributed by atoms with Crippen molar-refractivity contribution in [3.63, 3.8) is 0 Å². The Morgan fingerprint density at radius 3 is 2.43 bits per heavy atom. The van der Waals surface area contributed by atoms with Crippen molar-refractivity contribution in [3.05, 3.63) is 29.8 Å². The summed E-state index contributed by atoms with van der Waals surface area (Å²) in [5.41, 5.74) is 1.27. The van der Waals surface area contributed by atoms with Crippen LogP contribution >= 0.6 is 12.0 Å².